The van der Waals surface area contributed by atoms with E-state index in [4.69, 9.17) is 14.0 Å². The Hall–Kier alpha value is -2.94. The fourth-order valence-electron chi connectivity index (χ4n) is 4.14. The number of methoxy groups -OCH3 is 1. The zero-order valence-corrected chi connectivity index (χ0v) is 16.4. The monoisotopic (exact) mass is 397 g/mol. The summed E-state index contributed by atoms with van der Waals surface area (Å²) in [7, 11) is 1.41. The summed E-state index contributed by atoms with van der Waals surface area (Å²) in [6, 6.07) is 6.39. The number of rotatable bonds is 3. The summed E-state index contributed by atoms with van der Waals surface area (Å²) in [6.07, 6.45) is 3.15. The molecule has 0 N–H and O–H groups in total. The Balaban J connectivity index is 1.37. The molecule has 0 unspecified atom stereocenters. The molecule has 4 heterocycles. The average molecular weight is 397 g/mol. The summed E-state index contributed by atoms with van der Waals surface area (Å²) in [5.74, 6) is 1.35. The van der Waals surface area contributed by atoms with Gasteiger partial charge < -0.3 is 18.9 Å². The van der Waals surface area contributed by atoms with E-state index in [0.717, 1.165) is 29.3 Å². The van der Waals surface area contributed by atoms with Crippen LogP contribution in [0.25, 0.3) is 22.4 Å². The van der Waals surface area contributed by atoms with E-state index < -0.39 is 0 Å². The second kappa shape index (κ2) is 7.14. The third-order valence-electron chi connectivity index (χ3n) is 5.90. The lowest BCUT2D eigenvalue weighted by molar-refractivity contribution is -0.0266. The molecule has 2 aromatic heterocycles. The van der Waals surface area contributed by atoms with Crippen LogP contribution >= 0.6 is 0 Å². The van der Waals surface area contributed by atoms with Crippen LogP contribution in [0.15, 0.2) is 28.9 Å². The van der Waals surface area contributed by atoms with Gasteiger partial charge in [0.15, 0.2) is 5.82 Å². The van der Waals surface area contributed by atoms with Crippen molar-refractivity contribution in [1.29, 1.82) is 0 Å². The van der Waals surface area contributed by atoms with Crippen molar-refractivity contribution in [2.24, 2.45) is 0 Å². The van der Waals surface area contributed by atoms with Crippen LogP contribution in [0.3, 0.4) is 0 Å². The Morgan fingerprint density at radius 3 is 2.90 bits per heavy atom. The highest BCUT2D eigenvalue weighted by molar-refractivity contribution is 5.83. The van der Waals surface area contributed by atoms with Gasteiger partial charge >= 0.3 is 6.09 Å². The first-order valence-electron chi connectivity index (χ1n) is 9.87. The van der Waals surface area contributed by atoms with E-state index in [-0.39, 0.29) is 24.1 Å². The molecule has 2 aliphatic rings. The first kappa shape index (κ1) is 18.1. The number of hydrogen-bond acceptors (Lipinski definition) is 7. The maximum atomic E-state index is 11.8. The summed E-state index contributed by atoms with van der Waals surface area (Å²) in [4.78, 5) is 18.2. The van der Waals surface area contributed by atoms with Crippen molar-refractivity contribution in [3.05, 3.63) is 30.2 Å². The van der Waals surface area contributed by atoms with Crippen LogP contribution in [0.2, 0.25) is 0 Å². The number of carbonyl (C=O) groups excluding carboxylic acids is 1. The second-order valence-corrected chi connectivity index (χ2v) is 7.75. The molecule has 1 aromatic carbocycles. The van der Waals surface area contributed by atoms with Gasteiger partial charge in [-0.2, -0.15) is 10.1 Å². The van der Waals surface area contributed by atoms with Crippen LogP contribution in [0.4, 0.5) is 4.79 Å². The molecule has 5 rings (SSSR count). The van der Waals surface area contributed by atoms with Gasteiger partial charge in [0.2, 0.25) is 0 Å². The highest BCUT2D eigenvalue weighted by atomic mass is 16.5. The first-order chi connectivity index (χ1) is 14.1. The Morgan fingerprint density at radius 2 is 2.17 bits per heavy atom. The summed E-state index contributed by atoms with van der Waals surface area (Å²) >= 11 is 0. The average Bonchev–Trinajstić information content (AvgIpc) is 3.33. The van der Waals surface area contributed by atoms with E-state index in [1.807, 2.05) is 36.0 Å². The molecule has 0 radical (unpaired) electrons. The van der Waals surface area contributed by atoms with Gasteiger partial charge in [0.05, 0.1) is 38.1 Å². The van der Waals surface area contributed by atoms with Crippen molar-refractivity contribution < 1.29 is 18.8 Å². The predicted molar refractivity (Wildman–Crippen MR) is 103 cm³/mol. The molecular formula is C20H23N5O4. The fraction of sp³-hybridized carbons (Fsp3) is 0.500. The van der Waals surface area contributed by atoms with Crippen molar-refractivity contribution in [2.45, 2.75) is 37.8 Å². The van der Waals surface area contributed by atoms with E-state index >= 15 is 0 Å². The molecule has 9 heteroatoms. The number of benzene rings is 1. The summed E-state index contributed by atoms with van der Waals surface area (Å²) in [5, 5.41) is 9.80. The predicted octanol–water partition coefficient (Wildman–Crippen LogP) is 2.99. The zero-order valence-electron chi connectivity index (χ0n) is 16.4. The first-order valence-corrected chi connectivity index (χ1v) is 9.87. The molecule has 0 bridgehead atoms. The van der Waals surface area contributed by atoms with Gasteiger partial charge in [-0.3, -0.25) is 4.68 Å². The van der Waals surface area contributed by atoms with Crippen LogP contribution in [0, 0.1) is 0 Å². The minimum absolute atomic E-state index is 0.0681. The molecule has 2 aliphatic heterocycles. The minimum atomic E-state index is -0.286. The van der Waals surface area contributed by atoms with Crippen LogP contribution in [0.1, 0.15) is 37.5 Å². The molecule has 2 fully saturated rings. The molecule has 0 spiro atoms. The molecular weight excluding hydrogens is 374 g/mol. The van der Waals surface area contributed by atoms with Crippen molar-refractivity contribution in [3.63, 3.8) is 0 Å². The number of nitrogens with zero attached hydrogens (tertiary/aromatic N) is 5. The smallest absolute Gasteiger partial charge is 0.409 e. The number of aromatic nitrogens is 4. The van der Waals surface area contributed by atoms with Crippen LogP contribution < -0.4 is 0 Å². The largest absolute Gasteiger partial charge is 0.453 e. The van der Waals surface area contributed by atoms with Crippen LogP contribution in [-0.2, 0) is 9.47 Å². The molecule has 0 aliphatic carbocycles. The molecule has 2 saturated heterocycles. The van der Waals surface area contributed by atoms with Crippen LogP contribution in [-0.4, -0.2) is 63.8 Å². The van der Waals surface area contributed by atoms with Crippen molar-refractivity contribution in [2.75, 3.05) is 26.9 Å². The number of piperidine rings is 1. The molecule has 1 amide bonds. The van der Waals surface area contributed by atoms with E-state index in [9.17, 15) is 4.79 Å². The highest BCUT2D eigenvalue weighted by Crippen LogP contribution is 2.32. The van der Waals surface area contributed by atoms with Crippen LogP contribution in [0.5, 0.6) is 0 Å². The van der Waals surface area contributed by atoms with Gasteiger partial charge in [0.1, 0.15) is 0 Å². The molecule has 3 aromatic rings. The quantitative estimate of drug-likeness (QED) is 0.670. The number of likely N-dealkylation sites (tertiary alicyclic amines) is 1. The van der Waals surface area contributed by atoms with Gasteiger partial charge in [-0.1, -0.05) is 11.2 Å². The lowest BCUT2D eigenvalue weighted by Gasteiger charge is -2.35. The number of amides is 1. The standard InChI is InChI=1S/C20H23N5O4/c1-12-7-13(5-6-24(12)20(26)27-2)18-22-19(29-23-18)14-3-4-15-9-21-25(17(15)8-14)16-10-28-11-16/h3-4,8-9,12-13,16H,5-7,10-11H2,1-2H3/t12-,13+/m1/s1. The van der Waals surface area contributed by atoms with E-state index in [1.165, 1.54) is 7.11 Å². The van der Waals surface area contributed by atoms with E-state index in [0.29, 0.717) is 31.5 Å². The van der Waals surface area contributed by atoms with Crippen molar-refractivity contribution in [3.8, 4) is 11.5 Å². The molecule has 152 valence electrons. The summed E-state index contributed by atoms with van der Waals surface area (Å²) in [6.45, 7) is 4.02. The van der Waals surface area contributed by atoms with Gasteiger partial charge in [-0.15, -0.1) is 0 Å². The number of carbonyl (C=O) groups is 1. The topological polar surface area (TPSA) is 95.5 Å². The van der Waals surface area contributed by atoms with Gasteiger partial charge in [0, 0.05) is 29.5 Å². The Labute approximate surface area is 167 Å². The lowest BCUT2D eigenvalue weighted by Crippen LogP contribution is -2.44. The Morgan fingerprint density at radius 1 is 1.31 bits per heavy atom. The SMILES string of the molecule is COC(=O)N1CC[C@H](c2noc(-c3ccc4cnn(C5COC5)c4c3)n2)C[C@H]1C. The van der Waals surface area contributed by atoms with Gasteiger partial charge in [-0.05, 0) is 31.9 Å². The molecule has 9 nitrogen and oxygen atoms in total. The number of fused-ring (bicyclic) bond motifs is 1. The minimum Gasteiger partial charge on any atom is -0.453 e. The van der Waals surface area contributed by atoms with Gasteiger partial charge in [-0.25, -0.2) is 4.79 Å². The van der Waals surface area contributed by atoms with Crippen molar-refractivity contribution in [1.82, 2.24) is 24.8 Å². The zero-order chi connectivity index (χ0) is 20.0. The maximum absolute atomic E-state index is 11.8. The summed E-state index contributed by atoms with van der Waals surface area (Å²) in [5.41, 5.74) is 1.91. The number of ether oxygens (including phenoxy) is 2. The maximum Gasteiger partial charge on any atom is 0.409 e. The molecule has 29 heavy (non-hydrogen) atoms. The third-order valence-corrected chi connectivity index (χ3v) is 5.90. The second-order valence-electron chi connectivity index (χ2n) is 7.75. The van der Waals surface area contributed by atoms with Crippen molar-refractivity contribution >= 4 is 17.0 Å². The third kappa shape index (κ3) is 3.15. The van der Waals surface area contributed by atoms with E-state index in [2.05, 4.69) is 15.2 Å². The normalized spacial score (nSPS) is 22.6. The molecule has 2 atom stereocenters. The van der Waals surface area contributed by atoms with E-state index in [1.54, 1.807) is 4.90 Å². The highest BCUT2D eigenvalue weighted by Gasteiger charge is 2.32. The lowest BCUT2D eigenvalue weighted by atomic mass is 9.91. The Bertz CT molecular complexity index is 1040. The molecule has 0 saturated carbocycles. The fourth-order valence-corrected chi connectivity index (χ4v) is 4.14. The van der Waals surface area contributed by atoms with Gasteiger partial charge in [0.25, 0.3) is 5.89 Å². The number of hydrogen-bond donors (Lipinski definition) is 0. The Kier molecular flexibility index (Phi) is 4.46. The summed E-state index contributed by atoms with van der Waals surface area (Å²) < 4.78 is 17.7.